The fraction of sp³-hybridized carbons (Fsp3) is 0.500. The van der Waals surface area contributed by atoms with Crippen LogP contribution in [0.2, 0.25) is 0 Å². The van der Waals surface area contributed by atoms with E-state index in [1.54, 1.807) is 10.9 Å². The van der Waals surface area contributed by atoms with Crippen molar-refractivity contribution in [2.24, 2.45) is 0 Å². The topological polar surface area (TPSA) is 96.3 Å². The molecule has 17 heavy (non-hydrogen) atoms. The summed E-state index contributed by atoms with van der Waals surface area (Å²) in [6.45, 7) is 0. The number of rotatable bonds is 1. The van der Waals surface area contributed by atoms with E-state index in [2.05, 4.69) is 15.0 Å². The van der Waals surface area contributed by atoms with Gasteiger partial charge in [-0.25, -0.2) is 9.97 Å². The van der Waals surface area contributed by atoms with Crippen LogP contribution in [-0.2, 0) is 4.74 Å². The number of ether oxygens (including phenoxy) is 1. The van der Waals surface area contributed by atoms with Gasteiger partial charge < -0.3 is 19.4 Å². The molecule has 0 spiro atoms. The molecule has 4 rings (SSSR count). The van der Waals surface area contributed by atoms with Crippen molar-refractivity contribution in [2.45, 2.75) is 30.8 Å². The van der Waals surface area contributed by atoms with Crippen LogP contribution in [0.1, 0.15) is 12.5 Å². The van der Waals surface area contributed by atoms with Crippen molar-refractivity contribution in [1.29, 1.82) is 0 Å². The lowest BCUT2D eigenvalue weighted by molar-refractivity contribution is 0.0756. The van der Waals surface area contributed by atoms with Gasteiger partial charge in [0.15, 0.2) is 11.2 Å². The summed E-state index contributed by atoms with van der Waals surface area (Å²) >= 11 is 0. The molecule has 0 amide bonds. The van der Waals surface area contributed by atoms with E-state index in [1.165, 1.54) is 6.33 Å². The lowest BCUT2D eigenvalue weighted by atomic mass is 10.2. The molecule has 0 bridgehead atoms. The fourth-order valence-corrected chi connectivity index (χ4v) is 2.63. The number of aromatic amines is 1. The van der Waals surface area contributed by atoms with Crippen molar-refractivity contribution < 1.29 is 9.84 Å². The number of imidazole rings is 1. The van der Waals surface area contributed by atoms with E-state index in [1.807, 2.05) is 0 Å². The summed E-state index contributed by atoms with van der Waals surface area (Å²) in [7, 11) is 0. The number of H-pyrrole nitrogens is 1. The second-order valence-corrected chi connectivity index (χ2v) is 4.49. The van der Waals surface area contributed by atoms with Gasteiger partial charge >= 0.3 is 0 Å². The predicted octanol–water partition coefficient (Wildman–Crippen LogP) is -0.807. The Bertz CT molecular complexity index is 648. The largest absolute Gasteiger partial charge is 0.388 e. The second kappa shape index (κ2) is 2.93. The van der Waals surface area contributed by atoms with Crippen LogP contribution in [-0.4, -0.2) is 42.9 Å². The standard InChI is InChI=1S/C10H10N4O3/c15-7-4(1-5-8(7)17-5)14-3-13-6-9(14)11-2-12-10(6)16/h2-5,7-8,15H,1H2,(H,11,12,16)/t4-,5-,7+,8-/m1/s1. The van der Waals surface area contributed by atoms with Crippen LogP contribution in [0.4, 0.5) is 0 Å². The highest BCUT2D eigenvalue weighted by Gasteiger charge is 2.56. The van der Waals surface area contributed by atoms with Gasteiger partial charge in [0.2, 0.25) is 0 Å². The number of epoxide rings is 1. The van der Waals surface area contributed by atoms with Crippen LogP contribution in [0.15, 0.2) is 17.4 Å². The maximum absolute atomic E-state index is 11.5. The Morgan fingerprint density at radius 2 is 2.41 bits per heavy atom. The molecule has 2 fully saturated rings. The molecule has 0 radical (unpaired) electrons. The van der Waals surface area contributed by atoms with Crippen molar-refractivity contribution >= 4 is 11.2 Å². The van der Waals surface area contributed by atoms with Crippen molar-refractivity contribution in [3.8, 4) is 0 Å². The van der Waals surface area contributed by atoms with Crippen molar-refractivity contribution in [3.63, 3.8) is 0 Å². The minimum atomic E-state index is -0.543. The first kappa shape index (κ1) is 9.32. The van der Waals surface area contributed by atoms with Gasteiger partial charge in [0, 0.05) is 0 Å². The van der Waals surface area contributed by atoms with Crippen LogP contribution in [0.25, 0.3) is 11.2 Å². The molecule has 7 nitrogen and oxygen atoms in total. The average Bonchev–Trinajstić information content (AvgIpc) is 2.84. The molecule has 2 aliphatic rings. The number of aliphatic hydroxyl groups excluding tert-OH is 1. The van der Waals surface area contributed by atoms with E-state index in [4.69, 9.17) is 4.74 Å². The summed E-state index contributed by atoms with van der Waals surface area (Å²) in [6.07, 6.45) is 3.20. The van der Waals surface area contributed by atoms with Crippen LogP contribution in [0.3, 0.4) is 0 Å². The normalized spacial score (nSPS) is 35.1. The van der Waals surface area contributed by atoms with Gasteiger partial charge in [-0.15, -0.1) is 0 Å². The maximum Gasteiger partial charge on any atom is 0.278 e. The van der Waals surface area contributed by atoms with Crippen molar-refractivity contribution in [3.05, 3.63) is 23.0 Å². The molecule has 88 valence electrons. The number of aliphatic hydroxyl groups is 1. The van der Waals surface area contributed by atoms with Gasteiger partial charge in [-0.05, 0) is 6.42 Å². The Morgan fingerprint density at radius 3 is 3.18 bits per heavy atom. The molecule has 3 heterocycles. The Kier molecular flexibility index (Phi) is 1.61. The van der Waals surface area contributed by atoms with Gasteiger partial charge in [-0.1, -0.05) is 0 Å². The fourth-order valence-electron chi connectivity index (χ4n) is 2.63. The van der Waals surface area contributed by atoms with E-state index in [9.17, 15) is 9.90 Å². The number of aromatic nitrogens is 4. The minimum absolute atomic E-state index is 0.0561. The minimum Gasteiger partial charge on any atom is -0.388 e. The molecule has 1 aliphatic carbocycles. The number of hydrogen-bond acceptors (Lipinski definition) is 5. The SMILES string of the molecule is O=c1[nH]cnc2c1ncn2[C@@H]1C[C@H]2O[C@H]2[C@H]1O. The van der Waals surface area contributed by atoms with Gasteiger partial charge in [-0.2, -0.15) is 0 Å². The summed E-state index contributed by atoms with van der Waals surface area (Å²) < 4.78 is 7.03. The molecule has 2 N–H and O–H groups in total. The third-order valence-electron chi connectivity index (χ3n) is 3.55. The number of fused-ring (bicyclic) bond motifs is 2. The maximum atomic E-state index is 11.5. The highest BCUT2D eigenvalue weighted by Crippen LogP contribution is 2.45. The first-order valence-corrected chi connectivity index (χ1v) is 5.49. The highest BCUT2D eigenvalue weighted by atomic mass is 16.6. The molecule has 1 aliphatic heterocycles. The van der Waals surface area contributed by atoms with Gasteiger partial charge in [0.05, 0.1) is 24.8 Å². The number of hydrogen-bond donors (Lipinski definition) is 2. The van der Waals surface area contributed by atoms with Gasteiger partial charge in [0.1, 0.15) is 12.2 Å². The van der Waals surface area contributed by atoms with Gasteiger partial charge in [0.25, 0.3) is 5.56 Å². The summed E-state index contributed by atoms with van der Waals surface area (Å²) in [5, 5.41) is 10.0. The molecule has 0 unspecified atom stereocenters. The number of nitrogens with one attached hydrogen (secondary N) is 1. The van der Waals surface area contributed by atoms with E-state index in [0.29, 0.717) is 11.2 Å². The second-order valence-electron chi connectivity index (χ2n) is 4.49. The Hall–Kier alpha value is -1.73. The van der Waals surface area contributed by atoms with Crippen molar-refractivity contribution in [1.82, 2.24) is 19.5 Å². The zero-order chi connectivity index (χ0) is 11.6. The summed E-state index contributed by atoms with van der Waals surface area (Å²) in [5.74, 6) is 0. The van der Waals surface area contributed by atoms with E-state index in [-0.39, 0.29) is 23.8 Å². The molecular weight excluding hydrogens is 224 g/mol. The first-order chi connectivity index (χ1) is 8.25. The predicted molar refractivity (Wildman–Crippen MR) is 56.5 cm³/mol. The van der Waals surface area contributed by atoms with E-state index >= 15 is 0 Å². The highest BCUT2D eigenvalue weighted by molar-refractivity contribution is 5.69. The molecule has 0 aromatic carbocycles. The van der Waals surface area contributed by atoms with Crippen molar-refractivity contribution in [2.75, 3.05) is 0 Å². The molecular formula is C10H10N4O3. The monoisotopic (exact) mass is 234 g/mol. The smallest absolute Gasteiger partial charge is 0.278 e. The third kappa shape index (κ3) is 1.15. The average molecular weight is 234 g/mol. The quantitative estimate of drug-likeness (QED) is 0.629. The number of nitrogens with zero attached hydrogens (tertiary/aromatic N) is 3. The third-order valence-corrected chi connectivity index (χ3v) is 3.55. The Morgan fingerprint density at radius 1 is 1.53 bits per heavy atom. The summed E-state index contributed by atoms with van der Waals surface area (Å²) in [4.78, 5) is 22.1. The molecule has 7 heteroatoms. The summed E-state index contributed by atoms with van der Waals surface area (Å²) in [6, 6.07) is -0.0990. The Labute approximate surface area is 95.1 Å². The van der Waals surface area contributed by atoms with Crippen LogP contribution >= 0.6 is 0 Å². The molecule has 2 aromatic rings. The lowest BCUT2D eigenvalue weighted by Gasteiger charge is -2.18. The van der Waals surface area contributed by atoms with Crippen LogP contribution in [0.5, 0.6) is 0 Å². The van der Waals surface area contributed by atoms with E-state index in [0.717, 1.165) is 6.42 Å². The summed E-state index contributed by atoms with van der Waals surface area (Å²) in [5.41, 5.74) is 0.558. The molecule has 4 atom stereocenters. The zero-order valence-electron chi connectivity index (χ0n) is 8.78. The lowest BCUT2D eigenvalue weighted by Crippen LogP contribution is -2.24. The molecule has 2 aromatic heterocycles. The van der Waals surface area contributed by atoms with Crippen LogP contribution < -0.4 is 5.56 Å². The zero-order valence-corrected chi connectivity index (χ0v) is 8.78. The molecule has 1 saturated carbocycles. The van der Waals surface area contributed by atoms with Gasteiger partial charge in [-0.3, -0.25) is 4.79 Å². The first-order valence-electron chi connectivity index (χ1n) is 5.49. The Balaban J connectivity index is 1.86. The van der Waals surface area contributed by atoms with Crippen LogP contribution in [0, 0.1) is 0 Å². The molecule has 1 saturated heterocycles. The van der Waals surface area contributed by atoms with E-state index < -0.39 is 6.10 Å².